The first-order valence-electron chi connectivity index (χ1n) is 8.73. The van der Waals surface area contributed by atoms with Crippen LogP contribution in [0.2, 0.25) is 0 Å². The van der Waals surface area contributed by atoms with Crippen LogP contribution >= 0.6 is 11.8 Å². The van der Waals surface area contributed by atoms with Crippen LogP contribution in [-0.2, 0) is 6.54 Å². The number of hydrogen-bond acceptors (Lipinski definition) is 2. The summed E-state index contributed by atoms with van der Waals surface area (Å²) in [6.07, 6.45) is 2.18. The predicted molar refractivity (Wildman–Crippen MR) is 107 cm³/mol. The van der Waals surface area contributed by atoms with Gasteiger partial charge in [0.05, 0.1) is 5.69 Å². The molecule has 2 aromatic carbocycles. The van der Waals surface area contributed by atoms with E-state index in [4.69, 9.17) is 0 Å². The van der Waals surface area contributed by atoms with E-state index in [0.29, 0.717) is 0 Å². The summed E-state index contributed by atoms with van der Waals surface area (Å²) in [6, 6.07) is 19.6. The van der Waals surface area contributed by atoms with Gasteiger partial charge in [-0.25, -0.2) is 0 Å². The lowest BCUT2D eigenvalue weighted by atomic mass is 10.1. The summed E-state index contributed by atoms with van der Waals surface area (Å²) in [5, 5.41) is 1.36. The van der Waals surface area contributed by atoms with Crippen LogP contribution in [0, 0.1) is 0 Å². The lowest BCUT2D eigenvalue weighted by Gasteiger charge is -2.20. The number of likely N-dealkylation sites (N-methyl/N-ethyl adjacent to an activating group) is 1. The largest absolute Gasteiger partial charge is 0.338 e. The van der Waals surface area contributed by atoms with Gasteiger partial charge in [0.1, 0.15) is 0 Å². The second kappa shape index (κ2) is 7.91. The Balaban J connectivity index is 2.14. The maximum atomic E-state index is 2.51. The maximum Gasteiger partial charge on any atom is 0.0629 e. The molecule has 0 fully saturated rings. The van der Waals surface area contributed by atoms with E-state index in [1.807, 2.05) is 11.8 Å². The van der Waals surface area contributed by atoms with Crippen LogP contribution in [0.15, 0.2) is 59.5 Å². The number of nitrogens with zero attached hydrogens (tertiary/aromatic N) is 2. The third-order valence-corrected chi connectivity index (χ3v) is 5.53. The van der Waals surface area contributed by atoms with Crippen LogP contribution < -0.4 is 0 Å². The van der Waals surface area contributed by atoms with Crippen molar-refractivity contribution >= 4 is 22.7 Å². The first-order chi connectivity index (χ1) is 11.8. The molecule has 3 rings (SSSR count). The van der Waals surface area contributed by atoms with Crippen molar-refractivity contribution in [1.29, 1.82) is 0 Å². The second-order valence-electron chi connectivity index (χ2n) is 5.94. The number of fused-ring (bicyclic) bond motifs is 1. The highest BCUT2D eigenvalue weighted by molar-refractivity contribution is 7.99. The molecule has 0 radical (unpaired) electrons. The van der Waals surface area contributed by atoms with E-state index in [0.717, 1.165) is 26.2 Å². The van der Waals surface area contributed by atoms with Gasteiger partial charge in [0.25, 0.3) is 0 Å². The Kier molecular flexibility index (Phi) is 5.64. The lowest BCUT2D eigenvalue weighted by Crippen LogP contribution is -2.27. The molecule has 1 aromatic heterocycles. The molecule has 0 spiro atoms. The van der Waals surface area contributed by atoms with Crippen molar-refractivity contribution in [2.75, 3.05) is 25.9 Å². The molecule has 0 aliphatic rings. The highest BCUT2D eigenvalue weighted by atomic mass is 32.2. The molecular formula is C21H26N2S. The number of para-hydroxylation sites is 1. The van der Waals surface area contributed by atoms with Gasteiger partial charge in [0.15, 0.2) is 0 Å². The summed E-state index contributed by atoms with van der Waals surface area (Å²) in [5.41, 5.74) is 4.00. The average molecular weight is 339 g/mol. The summed E-state index contributed by atoms with van der Waals surface area (Å²) < 4.78 is 2.51. The maximum absolute atomic E-state index is 2.51. The molecule has 0 saturated carbocycles. The summed E-state index contributed by atoms with van der Waals surface area (Å²) in [4.78, 5) is 3.87. The number of rotatable bonds is 7. The van der Waals surface area contributed by atoms with Crippen LogP contribution in [0.4, 0.5) is 0 Å². The van der Waals surface area contributed by atoms with Crippen LogP contribution in [0.5, 0.6) is 0 Å². The van der Waals surface area contributed by atoms with Crippen molar-refractivity contribution in [3.05, 3.63) is 54.6 Å². The first-order valence-corrected chi connectivity index (χ1v) is 9.95. The molecular weight excluding hydrogens is 312 g/mol. The molecule has 0 unspecified atom stereocenters. The molecule has 3 heteroatoms. The number of hydrogen-bond donors (Lipinski definition) is 0. The topological polar surface area (TPSA) is 8.17 Å². The molecule has 0 aliphatic heterocycles. The smallest absolute Gasteiger partial charge is 0.0629 e. The lowest BCUT2D eigenvalue weighted by molar-refractivity contribution is 0.292. The summed E-state index contributed by atoms with van der Waals surface area (Å²) in [7, 11) is 0. The van der Waals surface area contributed by atoms with E-state index in [1.54, 1.807) is 0 Å². The molecule has 0 amide bonds. The third kappa shape index (κ3) is 3.24. The van der Waals surface area contributed by atoms with E-state index in [9.17, 15) is 0 Å². The Hall–Kier alpha value is -1.71. The van der Waals surface area contributed by atoms with Gasteiger partial charge in [0.2, 0.25) is 0 Å². The van der Waals surface area contributed by atoms with E-state index >= 15 is 0 Å². The van der Waals surface area contributed by atoms with Gasteiger partial charge in [-0.05, 0) is 31.0 Å². The zero-order chi connectivity index (χ0) is 16.9. The molecule has 0 aliphatic carbocycles. The van der Waals surface area contributed by atoms with Gasteiger partial charge in [-0.3, -0.25) is 0 Å². The zero-order valence-corrected chi connectivity index (χ0v) is 15.6. The summed E-state index contributed by atoms with van der Waals surface area (Å²) >= 11 is 1.85. The van der Waals surface area contributed by atoms with Crippen molar-refractivity contribution in [2.45, 2.75) is 25.3 Å². The SMILES string of the molecule is CCN(CC)CCn1c(-c2ccccc2)c(SC)c2ccccc21. The van der Waals surface area contributed by atoms with Crippen LogP contribution in [0.25, 0.3) is 22.2 Å². The third-order valence-electron chi connectivity index (χ3n) is 4.71. The minimum Gasteiger partial charge on any atom is -0.338 e. The second-order valence-corrected chi connectivity index (χ2v) is 6.76. The Morgan fingerprint density at radius 1 is 0.917 bits per heavy atom. The average Bonchev–Trinajstić information content (AvgIpc) is 2.97. The number of aromatic nitrogens is 1. The van der Waals surface area contributed by atoms with Crippen molar-refractivity contribution < 1.29 is 0 Å². The minimum absolute atomic E-state index is 1.02. The van der Waals surface area contributed by atoms with Gasteiger partial charge in [-0.15, -0.1) is 11.8 Å². The standard InChI is InChI=1S/C21H26N2S/c1-4-22(5-2)15-16-23-19-14-10-9-13-18(19)21(24-3)20(23)17-11-7-6-8-12-17/h6-14H,4-5,15-16H2,1-3H3. The first kappa shape index (κ1) is 17.1. The van der Waals surface area contributed by atoms with Crippen molar-refractivity contribution in [3.63, 3.8) is 0 Å². The predicted octanol–water partition coefficient (Wildman–Crippen LogP) is 5.37. The van der Waals surface area contributed by atoms with E-state index in [2.05, 4.69) is 84.2 Å². The fourth-order valence-electron chi connectivity index (χ4n) is 3.37. The Morgan fingerprint density at radius 3 is 2.25 bits per heavy atom. The molecule has 2 nitrogen and oxygen atoms in total. The van der Waals surface area contributed by atoms with E-state index in [-0.39, 0.29) is 0 Å². The van der Waals surface area contributed by atoms with E-state index in [1.165, 1.54) is 27.1 Å². The van der Waals surface area contributed by atoms with Gasteiger partial charge in [-0.2, -0.15) is 0 Å². The Labute approximate surface area is 149 Å². The minimum atomic E-state index is 1.02. The van der Waals surface area contributed by atoms with Crippen LogP contribution in [0.3, 0.4) is 0 Å². The number of benzene rings is 2. The Bertz CT molecular complexity index is 788. The fourth-order valence-corrected chi connectivity index (χ4v) is 4.19. The molecule has 0 N–H and O–H groups in total. The zero-order valence-electron chi connectivity index (χ0n) is 14.8. The van der Waals surface area contributed by atoms with Gasteiger partial charge < -0.3 is 9.47 Å². The molecule has 126 valence electrons. The molecule has 24 heavy (non-hydrogen) atoms. The molecule has 0 atom stereocenters. The van der Waals surface area contributed by atoms with E-state index < -0.39 is 0 Å². The van der Waals surface area contributed by atoms with Crippen molar-refractivity contribution in [3.8, 4) is 11.3 Å². The molecule has 0 bridgehead atoms. The van der Waals surface area contributed by atoms with Crippen molar-refractivity contribution in [2.24, 2.45) is 0 Å². The Morgan fingerprint density at radius 2 is 1.58 bits per heavy atom. The molecule has 3 aromatic rings. The highest BCUT2D eigenvalue weighted by Gasteiger charge is 2.18. The number of thioether (sulfide) groups is 1. The highest BCUT2D eigenvalue weighted by Crippen LogP contribution is 2.39. The molecule has 1 heterocycles. The summed E-state index contributed by atoms with van der Waals surface area (Å²) in [6.45, 7) is 8.79. The van der Waals surface area contributed by atoms with Gasteiger partial charge in [-0.1, -0.05) is 62.4 Å². The monoisotopic (exact) mass is 338 g/mol. The van der Waals surface area contributed by atoms with Gasteiger partial charge >= 0.3 is 0 Å². The van der Waals surface area contributed by atoms with Crippen LogP contribution in [-0.4, -0.2) is 35.4 Å². The van der Waals surface area contributed by atoms with Gasteiger partial charge in [0, 0.05) is 28.9 Å². The molecule has 0 saturated heterocycles. The fraction of sp³-hybridized carbons (Fsp3) is 0.333. The van der Waals surface area contributed by atoms with Crippen LogP contribution in [0.1, 0.15) is 13.8 Å². The van der Waals surface area contributed by atoms with Crippen molar-refractivity contribution in [1.82, 2.24) is 9.47 Å². The quantitative estimate of drug-likeness (QED) is 0.535. The normalized spacial score (nSPS) is 11.5. The summed E-state index contributed by atoms with van der Waals surface area (Å²) in [5.74, 6) is 0.